The lowest BCUT2D eigenvalue weighted by molar-refractivity contribution is 0.824. The average molecular weight is 171 g/mol. The monoisotopic (exact) mass is 170 g/mol. The van der Waals surface area contributed by atoms with Crippen molar-refractivity contribution in [1.29, 1.82) is 0 Å². The molecule has 0 amide bonds. The average Bonchev–Trinajstić information content (AvgIpc) is 1.41. The zero-order valence-corrected chi connectivity index (χ0v) is 4.76. The first-order valence-electron chi connectivity index (χ1n) is 1.97. The van der Waals surface area contributed by atoms with Crippen molar-refractivity contribution in [3.63, 3.8) is 0 Å². The molecule has 0 fully saturated rings. The SMILES string of the molecule is CCCCCl.O.[AlH3].[AlH3]. The molecule has 8 heavy (non-hydrogen) atoms. The summed E-state index contributed by atoms with van der Waals surface area (Å²) in [7, 11) is 0. The van der Waals surface area contributed by atoms with Gasteiger partial charge in [0.2, 0.25) is 0 Å². The molecule has 0 unspecified atom stereocenters. The maximum atomic E-state index is 5.30. The van der Waals surface area contributed by atoms with Crippen LogP contribution in [0.5, 0.6) is 0 Å². The molecule has 0 bridgehead atoms. The number of unbranched alkanes of at least 4 members (excludes halogenated alkanes) is 1. The Bertz CT molecular complexity index is 21.5. The maximum absolute atomic E-state index is 5.30. The third kappa shape index (κ3) is 26.5. The van der Waals surface area contributed by atoms with E-state index in [9.17, 15) is 0 Å². The third-order valence-corrected chi connectivity index (χ3v) is 0.754. The molecule has 4 heteroatoms. The highest BCUT2D eigenvalue weighted by Crippen LogP contribution is 1.86. The molecular weight excluding hydrogens is 153 g/mol. The lowest BCUT2D eigenvalue weighted by atomic mass is 10.4. The van der Waals surface area contributed by atoms with Gasteiger partial charge in [-0.05, 0) is 6.42 Å². The van der Waals surface area contributed by atoms with Crippen molar-refractivity contribution < 1.29 is 5.48 Å². The molecule has 2 N–H and O–H groups in total. The molecule has 0 aliphatic rings. The molecule has 52 valence electrons. The number of rotatable bonds is 2. The minimum atomic E-state index is 0. The summed E-state index contributed by atoms with van der Waals surface area (Å²) >= 11 is 5.30. The largest absolute Gasteiger partial charge is 0.412 e. The summed E-state index contributed by atoms with van der Waals surface area (Å²) in [6.07, 6.45) is 2.37. The standard InChI is InChI=1S/C4H9Cl.2Al.H2O.6H/c1-2-3-4-5;;;;;;;;;/h2-4H2,1H3;;;1H2;;;;;;. The van der Waals surface area contributed by atoms with Gasteiger partial charge in [0.1, 0.15) is 0 Å². The van der Waals surface area contributed by atoms with Crippen molar-refractivity contribution in [3.8, 4) is 0 Å². The van der Waals surface area contributed by atoms with Gasteiger partial charge in [0.05, 0.1) is 0 Å². The summed E-state index contributed by atoms with van der Waals surface area (Å²) in [5.74, 6) is 0.816. The van der Waals surface area contributed by atoms with Crippen LogP contribution in [-0.4, -0.2) is 46.1 Å². The number of halogens is 1. The number of hydrogen-bond donors (Lipinski definition) is 0. The molecule has 0 saturated carbocycles. The minimum absolute atomic E-state index is 0. The van der Waals surface area contributed by atoms with E-state index < -0.39 is 0 Å². The van der Waals surface area contributed by atoms with E-state index in [-0.39, 0.29) is 40.2 Å². The minimum Gasteiger partial charge on any atom is -0.412 e. The van der Waals surface area contributed by atoms with Gasteiger partial charge < -0.3 is 5.48 Å². The lowest BCUT2D eigenvalue weighted by Gasteiger charge is -1.77. The van der Waals surface area contributed by atoms with Crippen LogP contribution >= 0.6 is 11.6 Å². The van der Waals surface area contributed by atoms with Gasteiger partial charge in [0, 0.05) is 5.88 Å². The fraction of sp³-hybridized carbons (Fsp3) is 1.00. The fourth-order valence-electron chi connectivity index (χ4n) is 0.134. The zero-order chi connectivity index (χ0) is 4.12. The Morgan fingerprint density at radius 2 is 1.62 bits per heavy atom. The first-order chi connectivity index (χ1) is 2.41. The predicted octanol–water partition coefficient (Wildman–Crippen LogP) is -1.17. The van der Waals surface area contributed by atoms with Crippen LogP contribution in [0.4, 0.5) is 0 Å². The molecular formula is C4H17Al2ClO. The first-order valence-corrected chi connectivity index (χ1v) is 2.51. The third-order valence-electron chi connectivity index (χ3n) is 0.487. The Labute approximate surface area is 77.4 Å². The van der Waals surface area contributed by atoms with E-state index in [4.69, 9.17) is 11.6 Å². The summed E-state index contributed by atoms with van der Waals surface area (Å²) in [4.78, 5) is 0. The van der Waals surface area contributed by atoms with E-state index in [1.165, 1.54) is 6.42 Å². The highest BCUT2D eigenvalue weighted by molar-refractivity contribution is 6.17. The van der Waals surface area contributed by atoms with Gasteiger partial charge in [-0.1, -0.05) is 13.3 Å². The van der Waals surface area contributed by atoms with Crippen LogP contribution in [0.15, 0.2) is 0 Å². The van der Waals surface area contributed by atoms with E-state index in [1.54, 1.807) is 0 Å². The van der Waals surface area contributed by atoms with Crippen molar-refractivity contribution >= 4 is 46.3 Å². The molecule has 0 radical (unpaired) electrons. The van der Waals surface area contributed by atoms with Gasteiger partial charge in [-0.2, -0.15) is 0 Å². The second kappa shape index (κ2) is 23.9. The molecule has 0 aromatic heterocycles. The summed E-state index contributed by atoms with van der Waals surface area (Å²) in [5, 5.41) is 0. The summed E-state index contributed by atoms with van der Waals surface area (Å²) < 4.78 is 0. The Morgan fingerprint density at radius 1 is 1.25 bits per heavy atom. The maximum Gasteiger partial charge on any atom is 0.187 e. The summed E-state index contributed by atoms with van der Waals surface area (Å²) in [6, 6.07) is 0. The van der Waals surface area contributed by atoms with Crippen molar-refractivity contribution in [2.24, 2.45) is 0 Å². The second-order valence-electron chi connectivity index (χ2n) is 1.04. The molecule has 0 spiro atoms. The van der Waals surface area contributed by atoms with Crippen LogP contribution in [0.25, 0.3) is 0 Å². The highest BCUT2D eigenvalue weighted by atomic mass is 35.5. The van der Waals surface area contributed by atoms with Gasteiger partial charge >= 0.3 is 0 Å². The quantitative estimate of drug-likeness (QED) is 0.370. The van der Waals surface area contributed by atoms with Gasteiger partial charge in [0.25, 0.3) is 0 Å². The van der Waals surface area contributed by atoms with Crippen LogP contribution in [0.2, 0.25) is 0 Å². The summed E-state index contributed by atoms with van der Waals surface area (Å²) in [5.41, 5.74) is 0. The molecule has 0 atom stereocenters. The number of alkyl halides is 1. The van der Waals surface area contributed by atoms with Crippen molar-refractivity contribution in [2.45, 2.75) is 19.8 Å². The topological polar surface area (TPSA) is 31.5 Å². The van der Waals surface area contributed by atoms with Gasteiger partial charge in [-0.25, -0.2) is 0 Å². The fourth-order valence-corrected chi connectivity index (χ4v) is 0.401. The Balaban J connectivity index is -0.0000000267. The van der Waals surface area contributed by atoms with Crippen molar-refractivity contribution in [1.82, 2.24) is 0 Å². The van der Waals surface area contributed by atoms with E-state index in [0.717, 1.165) is 12.3 Å². The van der Waals surface area contributed by atoms with Crippen LogP contribution in [0, 0.1) is 0 Å². The molecule has 1 nitrogen and oxygen atoms in total. The van der Waals surface area contributed by atoms with E-state index in [2.05, 4.69) is 6.92 Å². The second-order valence-corrected chi connectivity index (χ2v) is 1.42. The highest BCUT2D eigenvalue weighted by Gasteiger charge is 1.70. The van der Waals surface area contributed by atoms with Crippen LogP contribution in [0.3, 0.4) is 0 Å². The molecule has 0 saturated heterocycles. The van der Waals surface area contributed by atoms with E-state index in [1.807, 2.05) is 0 Å². The zero-order valence-electron chi connectivity index (χ0n) is 4.00. The van der Waals surface area contributed by atoms with E-state index >= 15 is 0 Å². The Morgan fingerprint density at radius 3 is 1.62 bits per heavy atom. The van der Waals surface area contributed by atoms with E-state index in [0.29, 0.717) is 0 Å². The first kappa shape index (κ1) is 22.8. The molecule has 0 aromatic rings. The molecule has 0 aromatic carbocycles. The Kier molecular flexibility index (Phi) is 68.1. The smallest absolute Gasteiger partial charge is 0.187 e. The van der Waals surface area contributed by atoms with Crippen molar-refractivity contribution in [3.05, 3.63) is 0 Å². The molecule has 0 aliphatic heterocycles. The lowest BCUT2D eigenvalue weighted by Crippen LogP contribution is -1.65. The van der Waals surface area contributed by atoms with Gasteiger partial charge in [0.15, 0.2) is 34.7 Å². The van der Waals surface area contributed by atoms with Gasteiger partial charge in [-0.15, -0.1) is 11.6 Å². The molecule has 0 rings (SSSR count). The normalized spacial score (nSPS) is 5.25. The Hall–Kier alpha value is 1.31. The molecule has 0 aliphatic carbocycles. The van der Waals surface area contributed by atoms with Crippen LogP contribution in [-0.2, 0) is 0 Å². The predicted molar refractivity (Wildman–Crippen MR) is 49.1 cm³/mol. The van der Waals surface area contributed by atoms with Crippen molar-refractivity contribution in [2.75, 3.05) is 5.88 Å². The summed E-state index contributed by atoms with van der Waals surface area (Å²) in [6.45, 7) is 2.13. The number of hydrogen-bond acceptors (Lipinski definition) is 0. The van der Waals surface area contributed by atoms with Crippen LogP contribution < -0.4 is 0 Å². The van der Waals surface area contributed by atoms with Crippen LogP contribution in [0.1, 0.15) is 19.8 Å². The molecule has 0 heterocycles. The van der Waals surface area contributed by atoms with Gasteiger partial charge in [-0.3, -0.25) is 0 Å².